The van der Waals surface area contributed by atoms with Crippen molar-refractivity contribution in [3.63, 3.8) is 0 Å². The lowest BCUT2D eigenvalue weighted by Gasteiger charge is -2.40. The lowest BCUT2D eigenvalue weighted by Crippen LogP contribution is -2.48. The molecule has 2 N–H and O–H groups in total. The van der Waals surface area contributed by atoms with E-state index in [0.717, 1.165) is 0 Å². The number of nitrogens with one attached hydrogen (secondary N) is 1. The molecule has 1 aliphatic rings. The van der Waals surface area contributed by atoms with E-state index in [1.165, 1.54) is 31.5 Å². The summed E-state index contributed by atoms with van der Waals surface area (Å²) in [6.07, 6.45) is 1.84. The molecule has 0 unspecified atom stereocenters. The molecule has 4 rings (SSSR count). The van der Waals surface area contributed by atoms with Crippen LogP contribution in [0.5, 0.6) is 5.75 Å². The summed E-state index contributed by atoms with van der Waals surface area (Å²) in [5.41, 5.74) is 1.78. The third-order valence-corrected chi connectivity index (χ3v) is 7.92. The van der Waals surface area contributed by atoms with E-state index >= 15 is 4.39 Å². The maximum atomic E-state index is 15.7. The van der Waals surface area contributed by atoms with Gasteiger partial charge < -0.3 is 9.64 Å². The number of carbonyl (C=O) groups is 1. The van der Waals surface area contributed by atoms with Crippen LogP contribution in [-0.2, 0) is 11.2 Å². The first-order valence-corrected chi connectivity index (χ1v) is 13.0. The number of carbonyl (C=O) groups excluding carboxylic acids is 1. The number of piperidine rings is 1. The molecule has 0 bridgehead atoms. The lowest BCUT2D eigenvalue weighted by molar-refractivity contribution is -0.143. The fourth-order valence-corrected chi connectivity index (χ4v) is 5.59. The first-order valence-electron chi connectivity index (χ1n) is 12.6. The Labute approximate surface area is 224 Å². The molecule has 1 aliphatic heterocycles. The molecule has 0 saturated carbocycles. The largest absolute Gasteiger partial charge is 0.497 e. The van der Waals surface area contributed by atoms with Crippen LogP contribution >= 0.6 is 11.6 Å². The highest BCUT2D eigenvalue weighted by molar-refractivity contribution is 6.32. The topological polar surface area (TPSA) is 74.7 Å². The fraction of sp³-hybridized carbons (Fsp3) is 0.429. The molecule has 1 saturated heterocycles. The number of benzene rings is 2. The van der Waals surface area contributed by atoms with Gasteiger partial charge in [-0.15, -0.1) is 0 Å². The zero-order valence-corrected chi connectivity index (χ0v) is 21.9. The number of alkyl halides is 1. The Hall–Kier alpha value is -2.88. The molecule has 2 aromatic carbocycles. The minimum Gasteiger partial charge on any atom is -0.497 e. The number of halogens is 4. The van der Waals surface area contributed by atoms with E-state index in [4.69, 9.17) is 16.3 Å². The number of nitrogens with zero attached hydrogens (tertiary/aromatic N) is 2. The van der Waals surface area contributed by atoms with Crippen LogP contribution in [0.2, 0.25) is 5.02 Å². The van der Waals surface area contributed by atoms with E-state index < -0.39 is 29.1 Å². The quantitative estimate of drug-likeness (QED) is 0.233. The lowest BCUT2D eigenvalue weighted by atomic mass is 9.73. The van der Waals surface area contributed by atoms with Gasteiger partial charge in [0.1, 0.15) is 23.6 Å². The number of likely N-dealkylation sites (tertiary alicyclic amines) is 1. The summed E-state index contributed by atoms with van der Waals surface area (Å²) in [4.78, 5) is 19.1. The molecule has 3 aromatic rings. The average Bonchev–Trinajstić information content (AvgIpc) is 2.93. The van der Waals surface area contributed by atoms with Crippen molar-refractivity contribution in [1.29, 1.82) is 0 Å². The molecule has 2 heterocycles. The second-order valence-corrected chi connectivity index (χ2v) is 10.2. The fourth-order valence-electron chi connectivity index (χ4n) is 5.32. The molecular weight excluding hydrogens is 519 g/mol. The number of fused-ring (bicyclic) bond motifs is 1. The van der Waals surface area contributed by atoms with Crippen molar-refractivity contribution in [3.05, 3.63) is 70.4 Å². The molecule has 1 atom stereocenters. The first kappa shape index (κ1) is 28.1. The van der Waals surface area contributed by atoms with E-state index in [9.17, 15) is 18.8 Å². The van der Waals surface area contributed by atoms with Gasteiger partial charge in [-0.25, -0.2) is 18.7 Å². The SMILES string of the molecule is COc1ccc2ncc(Cl)c([C@H](F)CCC3(C(=O)NO)CCN(CCCc4c(F)cccc4F)CC3)c2c1. The zero-order valence-electron chi connectivity index (χ0n) is 21.2. The van der Waals surface area contributed by atoms with Crippen molar-refractivity contribution in [1.82, 2.24) is 15.4 Å². The van der Waals surface area contributed by atoms with Crippen molar-refractivity contribution in [2.75, 3.05) is 26.7 Å². The van der Waals surface area contributed by atoms with Crippen LogP contribution in [0.4, 0.5) is 13.2 Å². The monoisotopic (exact) mass is 549 g/mol. The standard InChI is InChI=1S/C28H31ClF3N3O3/c1-38-18-7-8-25-20(16-18)26(21(29)17-33-25)24(32)9-10-28(27(36)34-37)11-14-35(15-12-28)13-3-4-19-22(30)5-2-6-23(19)31/h2,5-8,16-17,24,37H,3-4,9-15H2,1H3,(H,34,36)/t24-/m1/s1. The van der Waals surface area contributed by atoms with E-state index in [-0.39, 0.29) is 29.8 Å². The van der Waals surface area contributed by atoms with Crippen molar-refractivity contribution in [2.45, 2.75) is 44.7 Å². The Bertz CT molecular complexity index is 1260. The summed E-state index contributed by atoms with van der Waals surface area (Å²) < 4.78 is 48.8. The van der Waals surface area contributed by atoms with Gasteiger partial charge in [-0.05, 0) is 88.5 Å². The number of amides is 1. The Morgan fingerprint density at radius 3 is 2.61 bits per heavy atom. The van der Waals surface area contributed by atoms with Gasteiger partial charge in [0.05, 0.1) is 23.1 Å². The molecule has 0 radical (unpaired) electrons. The van der Waals surface area contributed by atoms with Crippen molar-refractivity contribution >= 4 is 28.4 Å². The van der Waals surface area contributed by atoms with Gasteiger partial charge in [-0.1, -0.05) is 17.7 Å². The Kier molecular flexibility index (Phi) is 9.12. The van der Waals surface area contributed by atoms with Crippen molar-refractivity contribution < 1.29 is 27.9 Å². The van der Waals surface area contributed by atoms with Gasteiger partial charge in [-0.3, -0.25) is 15.0 Å². The normalized spacial score (nSPS) is 16.4. The van der Waals surface area contributed by atoms with Crippen molar-refractivity contribution in [3.8, 4) is 5.75 Å². The highest BCUT2D eigenvalue weighted by Gasteiger charge is 2.41. The Morgan fingerprint density at radius 1 is 1.24 bits per heavy atom. The molecule has 1 amide bonds. The molecule has 204 valence electrons. The average molecular weight is 550 g/mol. The summed E-state index contributed by atoms with van der Waals surface area (Å²) in [6, 6.07) is 9.00. The van der Waals surface area contributed by atoms with Crippen LogP contribution in [0.25, 0.3) is 10.9 Å². The minimum atomic E-state index is -1.46. The van der Waals surface area contributed by atoms with Crippen LogP contribution in [0, 0.1) is 17.0 Å². The van der Waals surface area contributed by atoms with Crippen molar-refractivity contribution in [2.24, 2.45) is 5.41 Å². The molecule has 0 aliphatic carbocycles. The van der Waals surface area contributed by atoms with Gasteiger partial charge in [0, 0.05) is 22.7 Å². The molecule has 1 fully saturated rings. The predicted octanol–water partition coefficient (Wildman–Crippen LogP) is 6.19. The summed E-state index contributed by atoms with van der Waals surface area (Å²) in [6.45, 7) is 1.69. The number of pyridine rings is 1. The number of hydrogen-bond acceptors (Lipinski definition) is 5. The van der Waals surface area contributed by atoms with Crippen LogP contribution in [0.1, 0.15) is 49.4 Å². The molecule has 10 heteroatoms. The predicted molar refractivity (Wildman–Crippen MR) is 139 cm³/mol. The molecule has 0 spiro atoms. The number of hydroxylamine groups is 1. The van der Waals surface area contributed by atoms with Crippen LogP contribution in [-0.4, -0.2) is 47.7 Å². The van der Waals surface area contributed by atoms with Gasteiger partial charge in [0.2, 0.25) is 5.91 Å². The van der Waals surface area contributed by atoms with Gasteiger partial charge in [0.15, 0.2) is 0 Å². The first-order chi connectivity index (χ1) is 18.3. The van der Waals surface area contributed by atoms with Gasteiger partial charge >= 0.3 is 0 Å². The minimum absolute atomic E-state index is 0.0238. The Morgan fingerprint density at radius 2 is 1.95 bits per heavy atom. The molecule has 38 heavy (non-hydrogen) atoms. The number of hydrogen-bond donors (Lipinski definition) is 2. The van der Waals surface area contributed by atoms with Crippen LogP contribution < -0.4 is 10.2 Å². The number of rotatable bonds is 10. The summed E-state index contributed by atoms with van der Waals surface area (Å²) >= 11 is 6.35. The maximum Gasteiger partial charge on any atom is 0.249 e. The Balaban J connectivity index is 1.40. The molecule has 1 aromatic heterocycles. The zero-order chi connectivity index (χ0) is 27.3. The van der Waals surface area contributed by atoms with E-state index in [1.807, 2.05) is 0 Å². The molecular formula is C28H31ClF3N3O3. The van der Waals surface area contributed by atoms with Crippen LogP contribution in [0.3, 0.4) is 0 Å². The third-order valence-electron chi connectivity index (χ3n) is 7.62. The highest BCUT2D eigenvalue weighted by Crippen LogP contribution is 2.42. The number of ether oxygens (including phenoxy) is 1. The number of methoxy groups -OCH3 is 1. The summed E-state index contributed by atoms with van der Waals surface area (Å²) in [5.74, 6) is -1.09. The smallest absolute Gasteiger partial charge is 0.249 e. The maximum absolute atomic E-state index is 15.7. The van der Waals surface area contributed by atoms with Gasteiger partial charge in [0.25, 0.3) is 0 Å². The second-order valence-electron chi connectivity index (χ2n) is 9.78. The summed E-state index contributed by atoms with van der Waals surface area (Å²) in [5, 5.41) is 10.2. The van der Waals surface area contributed by atoms with Crippen LogP contribution in [0.15, 0.2) is 42.6 Å². The number of aromatic nitrogens is 1. The third kappa shape index (κ3) is 6.06. The van der Waals surface area contributed by atoms with Gasteiger partial charge in [-0.2, -0.15) is 0 Å². The highest BCUT2D eigenvalue weighted by atomic mass is 35.5. The molecule has 6 nitrogen and oxygen atoms in total. The second kappa shape index (κ2) is 12.3. The summed E-state index contributed by atoms with van der Waals surface area (Å²) in [7, 11) is 1.52. The van der Waals surface area contributed by atoms with E-state index in [0.29, 0.717) is 61.1 Å². The van der Waals surface area contributed by atoms with E-state index in [2.05, 4.69) is 9.88 Å². The van der Waals surface area contributed by atoms with E-state index in [1.54, 1.807) is 23.7 Å².